The fourth-order valence-electron chi connectivity index (χ4n) is 3.07. The molecule has 0 heterocycles. The second-order valence-corrected chi connectivity index (χ2v) is 6.20. The van der Waals surface area contributed by atoms with E-state index in [9.17, 15) is 9.59 Å². The van der Waals surface area contributed by atoms with Crippen molar-refractivity contribution in [2.75, 3.05) is 5.32 Å². The minimum absolute atomic E-state index is 0.196. The van der Waals surface area contributed by atoms with Gasteiger partial charge in [-0.15, -0.1) is 0 Å². The third kappa shape index (κ3) is 3.65. The number of fused-ring (bicyclic) bond motifs is 1. The fraction of sp³-hybridized carbons (Fsp3) is 0.300. The van der Waals surface area contributed by atoms with Crippen LogP contribution >= 0.6 is 0 Å². The number of hydrogen-bond donors (Lipinski definition) is 2. The van der Waals surface area contributed by atoms with Crippen LogP contribution < -0.4 is 10.6 Å². The number of carbonyl (C=O) groups excluding carboxylic acids is 2. The molecular formula is C20H22N2O2. The van der Waals surface area contributed by atoms with Gasteiger partial charge in [-0.25, -0.2) is 0 Å². The first kappa shape index (κ1) is 16.2. The Morgan fingerprint density at radius 1 is 0.958 bits per heavy atom. The lowest BCUT2D eigenvalue weighted by atomic mass is 9.90. The van der Waals surface area contributed by atoms with Crippen LogP contribution in [-0.2, 0) is 17.6 Å². The number of aryl methyl sites for hydroxylation is 1. The molecule has 1 atom stereocenters. The average molecular weight is 322 g/mol. The van der Waals surface area contributed by atoms with Gasteiger partial charge in [0.15, 0.2) is 0 Å². The quantitative estimate of drug-likeness (QED) is 0.907. The normalized spacial score (nSPS) is 14.4. The Hall–Kier alpha value is -2.62. The highest BCUT2D eigenvalue weighted by molar-refractivity contribution is 6.01. The molecule has 0 spiro atoms. The Kier molecular flexibility index (Phi) is 4.94. The van der Waals surface area contributed by atoms with Gasteiger partial charge in [-0.2, -0.15) is 0 Å². The molecule has 0 saturated heterocycles. The van der Waals surface area contributed by atoms with Gasteiger partial charge >= 0.3 is 0 Å². The van der Waals surface area contributed by atoms with E-state index in [-0.39, 0.29) is 11.8 Å². The van der Waals surface area contributed by atoms with Crippen LogP contribution in [0.25, 0.3) is 0 Å². The third-order valence-electron chi connectivity index (χ3n) is 4.43. The Morgan fingerprint density at radius 3 is 2.50 bits per heavy atom. The lowest BCUT2D eigenvalue weighted by Gasteiger charge is -2.21. The van der Waals surface area contributed by atoms with Crippen LogP contribution in [0.4, 0.5) is 5.69 Å². The SMILES string of the molecule is CC(NC(=O)c1ccccc1)C(=O)Nc1cccc2c1CCCC2. The van der Waals surface area contributed by atoms with Crippen molar-refractivity contribution in [2.45, 2.75) is 38.6 Å². The molecule has 2 aromatic rings. The Bertz CT molecular complexity index is 741. The summed E-state index contributed by atoms with van der Waals surface area (Å²) >= 11 is 0. The van der Waals surface area contributed by atoms with Gasteiger partial charge in [-0.05, 0) is 61.9 Å². The number of nitrogens with one attached hydrogen (secondary N) is 2. The summed E-state index contributed by atoms with van der Waals surface area (Å²) in [6.07, 6.45) is 4.42. The van der Waals surface area contributed by atoms with Crippen LogP contribution in [0.3, 0.4) is 0 Å². The average Bonchev–Trinajstić information content (AvgIpc) is 2.62. The molecule has 124 valence electrons. The number of anilines is 1. The molecule has 0 radical (unpaired) electrons. The number of rotatable bonds is 4. The summed E-state index contributed by atoms with van der Waals surface area (Å²) in [5.74, 6) is -0.438. The van der Waals surface area contributed by atoms with Gasteiger partial charge in [0, 0.05) is 11.3 Å². The zero-order chi connectivity index (χ0) is 16.9. The summed E-state index contributed by atoms with van der Waals surface area (Å²) in [5.41, 5.74) is 3.98. The number of hydrogen-bond acceptors (Lipinski definition) is 2. The molecular weight excluding hydrogens is 300 g/mol. The second-order valence-electron chi connectivity index (χ2n) is 6.20. The molecule has 0 aromatic heterocycles. The maximum atomic E-state index is 12.4. The van der Waals surface area contributed by atoms with Crippen LogP contribution in [-0.4, -0.2) is 17.9 Å². The van der Waals surface area contributed by atoms with Crippen molar-refractivity contribution in [3.63, 3.8) is 0 Å². The summed E-state index contributed by atoms with van der Waals surface area (Å²) < 4.78 is 0. The smallest absolute Gasteiger partial charge is 0.251 e. The predicted octanol–water partition coefficient (Wildman–Crippen LogP) is 3.32. The Morgan fingerprint density at radius 2 is 1.71 bits per heavy atom. The van der Waals surface area contributed by atoms with Crippen LogP contribution in [0.5, 0.6) is 0 Å². The molecule has 0 saturated carbocycles. The van der Waals surface area contributed by atoms with Gasteiger partial charge in [0.2, 0.25) is 5.91 Å². The first-order chi connectivity index (χ1) is 11.6. The van der Waals surface area contributed by atoms with Crippen LogP contribution in [0, 0.1) is 0 Å². The predicted molar refractivity (Wildman–Crippen MR) is 95.1 cm³/mol. The highest BCUT2D eigenvalue weighted by Crippen LogP contribution is 2.27. The van der Waals surface area contributed by atoms with Crippen LogP contribution in [0.1, 0.15) is 41.3 Å². The van der Waals surface area contributed by atoms with E-state index in [2.05, 4.69) is 16.7 Å². The van der Waals surface area contributed by atoms with Crippen molar-refractivity contribution < 1.29 is 9.59 Å². The monoisotopic (exact) mass is 322 g/mol. The molecule has 2 aromatic carbocycles. The number of amides is 2. The summed E-state index contributed by atoms with van der Waals surface area (Å²) in [4.78, 5) is 24.6. The molecule has 24 heavy (non-hydrogen) atoms. The number of carbonyl (C=O) groups is 2. The van der Waals surface area contributed by atoms with Gasteiger partial charge in [-0.3, -0.25) is 9.59 Å². The Labute approximate surface area is 142 Å². The van der Waals surface area contributed by atoms with E-state index in [1.165, 1.54) is 17.5 Å². The second kappa shape index (κ2) is 7.30. The molecule has 4 heteroatoms. The molecule has 0 bridgehead atoms. The minimum atomic E-state index is -0.600. The molecule has 3 rings (SSSR count). The zero-order valence-electron chi connectivity index (χ0n) is 13.8. The van der Waals surface area contributed by atoms with Gasteiger partial charge in [-0.1, -0.05) is 30.3 Å². The van der Waals surface area contributed by atoms with E-state index < -0.39 is 6.04 Å². The van der Waals surface area contributed by atoms with Crippen molar-refractivity contribution in [1.82, 2.24) is 5.32 Å². The van der Waals surface area contributed by atoms with Gasteiger partial charge in [0.25, 0.3) is 5.91 Å². The van der Waals surface area contributed by atoms with Crippen molar-refractivity contribution in [3.05, 3.63) is 65.2 Å². The van der Waals surface area contributed by atoms with Crippen molar-refractivity contribution in [1.29, 1.82) is 0 Å². The van der Waals surface area contributed by atoms with E-state index in [0.717, 1.165) is 24.9 Å². The van der Waals surface area contributed by atoms with Gasteiger partial charge < -0.3 is 10.6 Å². The summed E-state index contributed by atoms with van der Waals surface area (Å²) in [5, 5.41) is 5.72. The van der Waals surface area contributed by atoms with Gasteiger partial charge in [0.05, 0.1) is 0 Å². The molecule has 2 amide bonds. The summed E-state index contributed by atoms with van der Waals surface area (Å²) in [7, 11) is 0. The Balaban J connectivity index is 1.66. The molecule has 1 aliphatic rings. The first-order valence-electron chi connectivity index (χ1n) is 8.42. The van der Waals surface area contributed by atoms with E-state index in [4.69, 9.17) is 0 Å². The van der Waals surface area contributed by atoms with E-state index in [1.807, 2.05) is 18.2 Å². The highest BCUT2D eigenvalue weighted by atomic mass is 16.2. The lowest BCUT2D eigenvalue weighted by Crippen LogP contribution is -2.41. The van der Waals surface area contributed by atoms with Crippen molar-refractivity contribution >= 4 is 17.5 Å². The van der Waals surface area contributed by atoms with Crippen LogP contribution in [0.2, 0.25) is 0 Å². The first-order valence-corrected chi connectivity index (χ1v) is 8.42. The summed E-state index contributed by atoms with van der Waals surface area (Å²) in [6.45, 7) is 1.70. The molecule has 0 fully saturated rings. The molecule has 1 aliphatic carbocycles. The standard InChI is InChI=1S/C20H22N2O2/c1-14(21-20(24)16-9-3-2-4-10-16)19(23)22-18-13-7-11-15-8-5-6-12-17(15)18/h2-4,7,9-11,13-14H,5-6,8,12H2,1H3,(H,21,24)(H,22,23). The molecule has 2 N–H and O–H groups in total. The zero-order valence-corrected chi connectivity index (χ0v) is 13.8. The molecule has 0 aliphatic heterocycles. The minimum Gasteiger partial charge on any atom is -0.341 e. The highest BCUT2D eigenvalue weighted by Gasteiger charge is 2.19. The molecule has 1 unspecified atom stereocenters. The van der Waals surface area contributed by atoms with Gasteiger partial charge in [0.1, 0.15) is 6.04 Å². The lowest BCUT2D eigenvalue weighted by molar-refractivity contribution is -0.117. The topological polar surface area (TPSA) is 58.2 Å². The van der Waals surface area contributed by atoms with E-state index in [1.54, 1.807) is 31.2 Å². The maximum Gasteiger partial charge on any atom is 0.251 e. The van der Waals surface area contributed by atoms with E-state index >= 15 is 0 Å². The number of benzene rings is 2. The van der Waals surface area contributed by atoms with Crippen molar-refractivity contribution in [2.24, 2.45) is 0 Å². The fourth-order valence-corrected chi connectivity index (χ4v) is 3.07. The third-order valence-corrected chi connectivity index (χ3v) is 4.43. The molecule has 4 nitrogen and oxygen atoms in total. The van der Waals surface area contributed by atoms with Crippen LogP contribution in [0.15, 0.2) is 48.5 Å². The largest absolute Gasteiger partial charge is 0.341 e. The maximum absolute atomic E-state index is 12.4. The van der Waals surface area contributed by atoms with E-state index in [0.29, 0.717) is 5.56 Å². The summed E-state index contributed by atoms with van der Waals surface area (Å²) in [6, 6.07) is 14.4. The van der Waals surface area contributed by atoms with Crippen molar-refractivity contribution in [3.8, 4) is 0 Å².